The third kappa shape index (κ3) is 3.27. The molecule has 1 atom stereocenters. The molecule has 0 unspecified atom stereocenters. The zero-order valence-corrected chi connectivity index (χ0v) is 14.0. The predicted molar refractivity (Wildman–Crippen MR) is 84.7 cm³/mol. The highest BCUT2D eigenvalue weighted by Gasteiger charge is 2.24. The molecule has 1 fully saturated rings. The molecule has 1 aliphatic rings. The third-order valence-electron chi connectivity index (χ3n) is 3.84. The minimum Gasteiger partial charge on any atom is -0.493 e. The summed E-state index contributed by atoms with van der Waals surface area (Å²) in [4.78, 5) is 2.53. The largest absolute Gasteiger partial charge is 0.493 e. The smallest absolute Gasteiger partial charge is 0.161 e. The fraction of sp³-hybridized carbons (Fsp3) is 0.600. The van der Waals surface area contributed by atoms with Crippen LogP contribution in [0.5, 0.6) is 11.5 Å². The normalized spacial score (nSPS) is 17.8. The molecule has 2 rings (SSSR count). The van der Waals surface area contributed by atoms with Crippen molar-refractivity contribution >= 4 is 15.9 Å². The summed E-state index contributed by atoms with van der Waals surface area (Å²) >= 11 is 3.68. The molecule has 1 heterocycles. The average Bonchev–Trinajstić information content (AvgIpc) is 2.50. The van der Waals surface area contributed by atoms with Gasteiger partial charge in [-0.2, -0.15) is 0 Å². The number of piperazine rings is 1. The zero-order valence-electron chi connectivity index (χ0n) is 12.4. The van der Waals surface area contributed by atoms with E-state index in [-0.39, 0.29) is 0 Å². The van der Waals surface area contributed by atoms with Crippen LogP contribution < -0.4 is 14.8 Å². The van der Waals surface area contributed by atoms with Gasteiger partial charge in [-0.25, -0.2) is 0 Å². The van der Waals surface area contributed by atoms with Crippen molar-refractivity contribution in [1.29, 1.82) is 0 Å². The highest BCUT2D eigenvalue weighted by Crippen LogP contribution is 2.38. The Bertz CT molecular complexity index is 448. The summed E-state index contributed by atoms with van der Waals surface area (Å²) in [6, 6.07) is 4.50. The Morgan fingerprint density at radius 2 is 1.80 bits per heavy atom. The number of hydrogen-bond acceptors (Lipinski definition) is 4. The highest BCUT2D eigenvalue weighted by atomic mass is 79.9. The first-order valence-electron chi connectivity index (χ1n) is 7.07. The Morgan fingerprint density at radius 3 is 2.35 bits per heavy atom. The molecule has 1 aliphatic heterocycles. The van der Waals surface area contributed by atoms with Gasteiger partial charge in [0.15, 0.2) is 11.5 Å². The van der Waals surface area contributed by atoms with E-state index in [0.29, 0.717) is 6.04 Å². The maximum Gasteiger partial charge on any atom is 0.161 e. The molecule has 0 aromatic heterocycles. The van der Waals surface area contributed by atoms with E-state index >= 15 is 0 Å². The van der Waals surface area contributed by atoms with E-state index in [4.69, 9.17) is 9.47 Å². The summed E-state index contributed by atoms with van der Waals surface area (Å²) in [5.74, 6) is 1.55. The summed E-state index contributed by atoms with van der Waals surface area (Å²) in [5, 5.41) is 3.40. The fourth-order valence-corrected chi connectivity index (χ4v) is 3.38. The predicted octanol–water partition coefficient (Wildman–Crippen LogP) is 2.82. The van der Waals surface area contributed by atoms with E-state index in [2.05, 4.69) is 39.1 Å². The van der Waals surface area contributed by atoms with Crippen LogP contribution in [0.2, 0.25) is 0 Å². The van der Waals surface area contributed by atoms with Crippen molar-refractivity contribution in [3.8, 4) is 11.5 Å². The van der Waals surface area contributed by atoms with Gasteiger partial charge in [0.05, 0.1) is 14.2 Å². The molecule has 0 saturated carbocycles. The number of benzene rings is 1. The summed E-state index contributed by atoms with van der Waals surface area (Å²) in [6.07, 6.45) is 1.08. The van der Waals surface area contributed by atoms with E-state index < -0.39 is 0 Å². The van der Waals surface area contributed by atoms with E-state index in [1.165, 1.54) is 5.56 Å². The van der Waals surface area contributed by atoms with Gasteiger partial charge in [-0.1, -0.05) is 22.9 Å². The van der Waals surface area contributed by atoms with Crippen molar-refractivity contribution in [2.75, 3.05) is 40.4 Å². The minimum atomic E-state index is 0.409. The van der Waals surface area contributed by atoms with Crippen LogP contribution in [0.4, 0.5) is 0 Å². The lowest BCUT2D eigenvalue weighted by Crippen LogP contribution is -2.45. The summed E-state index contributed by atoms with van der Waals surface area (Å²) in [5.41, 5.74) is 1.27. The van der Waals surface area contributed by atoms with Crippen molar-refractivity contribution in [2.45, 2.75) is 19.4 Å². The number of ether oxygens (including phenoxy) is 2. The molecule has 20 heavy (non-hydrogen) atoms. The maximum atomic E-state index is 5.44. The number of hydrogen-bond donors (Lipinski definition) is 1. The molecule has 0 aliphatic carbocycles. The monoisotopic (exact) mass is 342 g/mol. The quantitative estimate of drug-likeness (QED) is 0.892. The molecule has 1 aromatic carbocycles. The second-order valence-corrected chi connectivity index (χ2v) is 5.79. The molecule has 0 spiro atoms. The van der Waals surface area contributed by atoms with Crippen molar-refractivity contribution in [2.24, 2.45) is 0 Å². The van der Waals surface area contributed by atoms with Gasteiger partial charge < -0.3 is 14.8 Å². The summed E-state index contributed by atoms with van der Waals surface area (Å²) < 4.78 is 11.9. The molecule has 0 bridgehead atoms. The standard InChI is InChI=1S/C15H23BrN2O2/c1-4-13(18-7-5-17-6-8-18)11-9-14(19-2)15(20-3)10-12(11)16/h9-10,13,17H,4-8H2,1-3H3/t13-/m0/s1. The zero-order chi connectivity index (χ0) is 14.5. The van der Waals surface area contributed by atoms with Gasteiger partial charge in [-0.3, -0.25) is 4.90 Å². The first-order chi connectivity index (χ1) is 9.71. The Hall–Kier alpha value is -0.780. The van der Waals surface area contributed by atoms with Crippen LogP contribution in [0.1, 0.15) is 24.9 Å². The Labute approximate surface area is 129 Å². The van der Waals surface area contributed by atoms with Gasteiger partial charge in [-0.15, -0.1) is 0 Å². The minimum absolute atomic E-state index is 0.409. The lowest BCUT2D eigenvalue weighted by molar-refractivity contribution is 0.168. The Balaban J connectivity index is 2.33. The van der Waals surface area contributed by atoms with Crippen LogP contribution >= 0.6 is 15.9 Å². The first-order valence-corrected chi connectivity index (χ1v) is 7.86. The lowest BCUT2D eigenvalue weighted by Gasteiger charge is -2.35. The molecular formula is C15H23BrN2O2. The van der Waals surface area contributed by atoms with E-state index in [1.54, 1.807) is 14.2 Å². The highest BCUT2D eigenvalue weighted by molar-refractivity contribution is 9.10. The van der Waals surface area contributed by atoms with Crippen LogP contribution in [0.15, 0.2) is 16.6 Å². The molecule has 1 N–H and O–H groups in total. The van der Waals surface area contributed by atoms with Crippen LogP contribution in [-0.2, 0) is 0 Å². The second-order valence-electron chi connectivity index (χ2n) is 4.94. The van der Waals surface area contributed by atoms with Gasteiger partial charge in [-0.05, 0) is 24.1 Å². The van der Waals surface area contributed by atoms with Crippen molar-refractivity contribution < 1.29 is 9.47 Å². The molecule has 0 radical (unpaired) electrons. The average molecular weight is 343 g/mol. The van der Waals surface area contributed by atoms with Gasteiger partial charge in [0.25, 0.3) is 0 Å². The van der Waals surface area contributed by atoms with E-state index in [0.717, 1.165) is 48.6 Å². The van der Waals surface area contributed by atoms with Gasteiger partial charge in [0, 0.05) is 36.7 Å². The molecule has 0 amide bonds. The van der Waals surface area contributed by atoms with Crippen LogP contribution in [0.3, 0.4) is 0 Å². The number of nitrogens with zero attached hydrogens (tertiary/aromatic N) is 1. The molecule has 5 heteroatoms. The SMILES string of the molecule is CC[C@@H](c1cc(OC)c(OC)cc1Br)N1CCNCC1. The number of nitrogens with one attached hydrogen (secondary N) is 1. The Morgan fingerprint density at radius 1 is 1.20 bits per heavy atom. The summed E-state index contributed by atoms with van der Waals surface area (Å²) in [6.45, 7) is 6.51. The van der Waals surface area contributed by atoms with Gasteiger partial charge in [0.1, 0.15) is 0 Å². The fourth-order valence-electron chi connectivity index (χ4n) is 2.79. The Kier molecular flexibility index (Phi) is 5.69. The topological polar surface area (TPSA) is 33.7 Å². The maximum absolute atomic E-state index is 5.44. The third-order valence-corrected chi connectivity index (χ3v) is 4.53. The molecule has 4 nitrogen and oxygen atoms in total. The van der Waals surface area contributed by atoms with Gasteiger partial charge >= 0.3 is 0 Å². The van der Waals surface area contributed by atoms with Crippen molar-refractivity contribution in [1.82, 2.24) is 10.2 Å². The first kappa shape index (κ1) is 15.6. The van der Waals surface area contributed by atoms with Crippen LogP contribution in [-0.4, -0.2) is 45.3 Å². The molecule has 1 aromatic rings. The number of halogens is 1. The van der Waals surface area contributed by atoms with E-state index in [1.807, 2.05) is 6.07 Å². The molecular weight excluding hydrogens is 320 g/mol. The number of methoxy groups -OCH3 is 2. The van der Waals surface area contributed by atoms with Crippen molar-refractivity contribution in [3.05, 3.63) is 22.2 Å². The second kappa shape index (κ2) is 7.29. The van der Waals surface area contributed by atoms with Crippen LogP contribution in [0, 0.1) is 0 Å². The lowest BCUT2D eigenvalue weighted by atomic mass is 10.0. The molecule has 1 saturated heterocycles. The molecule has 112 valence electrons. The van der Waals surface area contributed by atoms with Crippen molar-refractivity contribution in [3.63, 3.8) is 0 Å². The van der Waals surface area contributed by atoms with Crippen LogP contribution in [0.25, 0.3) is 0 Å². The number of rotatable bonds is 5. The van der Waals surface area contributed by atoms with Gasteiger partial charge in [0.2, 0.25) is 0 Å². The summed E-state index contributed by atoms with van der Waals surface area (Å²) in [7, 11) is 3.35. The van der Waals surface area contributed by atoms with E-state index in [9.17, 15) is 0 Å².